The lowest BCUT2D eigenvalue weighted by molar-refractivity contribution is -0.148. The van der Waals surface area contributed by atoms with Crippen molar-refractivity contribution in [2.24, 2.45) is 0 Å². The first-order valence-electron chi connectivity index (χ1n) is 5.93. The van der Waals surface area contributed by atoms with Gasteiger partial charge in [0.1, 0.15) is 0 Å². The molecule has 0 aliphatic carbocycles. The maximum Gasteiger partial charge on any atom is 0.372 e. The lowest BCUT2D eigenvalue weighted by Crippen LogP contribution is -2.17. The number of carboxylic acid groups (broad SMARTS) is 1. The number of nitrogens with one attached hydrogen (secondary N) is 1. The first-order chi connectivity index (χ1) is 9.58. The summed E-state index contributed by atoms with van der Waals surface area (Å²) in [6.45, 7) is 0. The number of carbonyl (C=O) groups is 3. The molecule has 0 saturated heterocycles. The molecule has 2 aromatic heterocycles. The van der Waals surface area contributed by atoms with E-state index < -0.39 is 24.0 Å². The zero-order chi connectivity index (χ0) is 14.5. The van der Waals surface area contributed by atoms with Crippen molar-refractivity contribution in [3.05, 3.63) is 53.6 Å². The van der Waals surface area contributed by atoms with Crippen LogP contribution < -0.4 is 0 Å². The average molecular weight is 272 g/mol. The van der Waals surface area contributed by atoms with Crippen molar-refractivity contribution < 1.29 is 19.5 Å². The van der Waals surface area contributed by atoms with Crippen molar-refractivity contribution in [3.8, 4) is 0 Å². The molecule has 0 unspecified atom stereocenters. The Kier molecular flexibility index (Phi) is 4.05. The van der Waals surface area contributed by atoms with Gasteiger partial charge < -0.3 is 10.1 Å². The molecule has 0 amide bonds. The molecule has 6 nitrogen and oxygen atoms in total. The van der Waals surface area contributed by atoms with Gasteiger partial charge in [-0.2, -0.15) is 0 Å². The Morgan fingerprint density at radius 3 is 2.65 bits per heavy atom. The smallest absolute Gasteiger partial charge is 0.372 e. The third-order valence-corrected chi connectivity index (χ3v) is 2.78. The Balaban J connectivity index is 2.14. The highest BCUT2D eigenvalue weighted by atomic mass is 16.4. The second-order valence-corrected chi connectivity index (χ2v) is 4.20. The molecular formula is C14H12N2O4. The summed E-state index contributed by atoms with van der Waals surface area (Å²) in [4.78, 5) is 40.5. The molecule has 0 aliphatic heterocycles. The molecule has 0 aromatic carbocycles. The SMILES string of the molecule is O=C(O)C(=O)CC(=O)c1cc[nH]c1Cc1ccccn1. The minimum Gasteiger partial charge on any atom is -0.475 e. The summed E-state index contributed by atoms with van der Waals surface area (Å²) in [6.07, 6.45) is 3.00. The summed E-state index contributed by atoms with van der Waals surface area (Å²) in [5, 5.41) is 8.51. The number of nitrogens with zero attached hydrogens (tertiary/aromatic N) is 1. The largest absolute Gasteiger partial charge is 0.475 e. The van der Waals surface area contributed by atoms with E-state index in [4.69, 9.17) is 5.11 Å². The van der Waals surface area contributed by atoms with Crippen LogP contribution in [0.15, 0.2) is 36.7 Å². The Morgan fingerprint density at radius 2 is 2.00 bits per heavy atom. The number of carboxylic acids is 1. The molecule has 0 bridgehead atoms. The molecule has 0 atom stereocenters. The number of ketones is 2. The van der Waals surface area contributed by atoms with Gasteiger partial charge in [-0.15, -0.1) is 0 Å². The predicted octanol–water partition coefficient (Wildman–Crippen LogP) is 1.23. The third kappa shape index (κ3) is 3.17. The molecule has 6 heteroatoms. The maximum atomic E-state index is 11.9. The lowest BCUT2D eigenvalue weighted by Gasteiger charge is -2.02. The normalized spacial score (nSPS) is 10.2. The molecule has 0 saturated carbocycles. The summed E-state index contributed by atoms with van der Waals surface area (Å²) in [5.41, 5.74) is 1.71. The van der Waals surface area contributed by atoms with E-state index in [0.29, 0.717) is 17.7 Å². The maximum absolute atomic E-state index is 11.9. The van der Waals surface area contributed by atoms with Crippen LogP contribution in [0.2, 0.25) is 0 Å². The number of pyridine rings is 1. The quantitative estimate of drug-likeness (QED) is 0.468. The van der Waals surface area contributed by atoms with E-state index in [2.05, 4.69) is 9.97 Å². The van der Waals surface area contributed by atoms with Crippen LogP contribution >= 0.6 is 0 Å². The molecule has 0 spiro atoms. The summed E-state index contributed by atoms with van der Waals surface area (Å²) in [6, 6.07) is 6.98. The van der Waals surface area contributed by atoms with Gasteiger partial charge in [0.2, 0.25) is 5.78 Å². The van der Waals surface area contributed by atoms with Crippen LogP contribution in [0.4, 0.5) is 0 Å². The Morgan fingerprint density at radius 1 is 1.20 bits per heavy atom. The van der Waals surface area contributed by atoms with Gasteiger partial charge in [-0.1, -0.05) is 6.07 Å². The second-order valence-electron chi connectivity index (χ2n) is 4.20. The third-order valence-electron chi connectivity index (χ3n) is 2.78. The second kappa shape index (κ2) is 5.92. The van der Waals surface area contributed by atoms with E-state index in [1.54, 1.807) is 18.5 Å². The number of aromatic nitrogens is 2. The van der Waals surface area contributed by atoms with Gasteiger partial charge in [-0.25, -0.2) is 4.79 Å². The van der Waals surface area contributed by atoms with Gasteiger partial charge >= 0.3 is 5.97 Å². The van der Waals surface area contributed by atoms with Crippen molar-refractivity contribution in [1.29, 1.82) is 0 Å². The van der Waals surface area contributed by atoms with E-state index in [-0.39, 0.29) is 0 Å². The predicted molar refractivity (Wildman–Crippen MR) is 69.4 cm³/mol. The monoisotopic (exact) mass is 272 g/mol. The highest BCUT2D eigenvalue weighted by molar-refractivity contribution is 6.37. The molecule has 0 fully saturated rings. The van der Waals surface area contributed by atoms with Gasteiger partial charge in [0, 0.05) is 35.8 Å². The number of aliphatic carboxylic acids is 1. The molecular weight excluding hydrogens is 260 g/mol. The summed E-state index contributed by atoms with van der Waals surface area (Å²) in [5.74, 6) is -3.22. The molecule has 102 valence electrons. The first kappa shape index (κ1) is 13.7. The summed E-state index contributed by atoms with van der Waals surface area (Å²) >= 11 is 0. The van der Waals surface area contributed by atoms with Crippen LogP contribution in [0.25, 0.3) is 0 Å². The molecule has 2 rings (SSSR count). The minimum absolute atomic E-state index is 0.324. The standard InChI is InChI=1S/C14H12N2O4/c17-12(8-13(18)14(19)20)10-4-6-16-11(10)7-9-3-1-2-5-15-9/h1-6,16H,7-8H2,(H,19,20). The van der Waals surface area contributed by atoms with E-state index in [1.807, 2.05) is 12.1 Å². The van der Waals surface area contributed by atoms with Gasteiger partial charge in [0.25, 0.3) is 0 Å². The van der Waals surface area contributed by atoms with Crippen LogP contribution in [0.3, 0.4) is 0 Å². The fourth-order valence-corrected chi connectivity index (χ4v) is 1.81. The fourth-order valence-electron chi connectivity index (χ4n) is 1.81. The number of hydrogen-bond donors (Lipinski definition) is 2. The highest BCUT2D eigenvalue weighted by Crippen LogP contribution is 2.13. The number of rotatable bonds is 6. The van der Waals surface area contributed by atoms with Gasteiger partial charge in [-0.3, -0.25) is 14.6 Å². The lowest BCUT2D eigenvalue weighted by atomic mass is 10.0. The van der Waals surface area contributed by atoms with E-state index in [1.165, 1.54) is 6.07 Å². The van der Waals surface area contributed by atoms with E-state index >= 15 is 0 Å². The Hall–Kier alpha value is -2.76. The molecule has 2 N–H and O–H groups in total. The van der Waals surface area contributed by atoms with Crippen molar-refractivity contribution in [1.82, 2.24) is 9.97 Å². The number of carbonyl (C=O) groups excluding carboxylic acids is 2. The highest BCUT2D eigenvalue weighted by Gasteiger charge is 2.20. The zero-order valence-corrected chi connectivity index (χ0v) is 10.5. The summed E-state index contributed by atoms with van der Waals surface area (Å²) in [7, 11) is 0. The first-order valence-corrected chi connectivity index (χ1v) is 5.93. The van der Waals surface area contributed by atoms with E-state index in [0.717, 1.165) is 5.69 Å². The van der Waals surface area contributed by atoms with Crippen LogP contribution in [-0.2, 0) is 16.0 Å². The average Bonchev–Trinajstić information content (AvgIpc) is 2.88. The molecule has 20 heavy (non-hydrogen) atoms. The number of Topliss-reactive ketones (excluding diaryl/α,β-unsaturated/α-hetero) is 2. The van der Waals surface area contributed by atoms with Crippen LogP contribution in [-0.4, -0.2) is 32.6 Å². The van der Waals surface area contributed by atoms with Gasteiger partial charge in [0.15, 0.2) is 5.78 Å². The van der Waals surface area contributed by atoms with Crippen LogP contribution in [0.1, 0.15) is 28.2 Å². The number of aromatic amines is 1. The van der Waals surface area contributed by atoms with Gasteiger partial charge in [0.05, 0.1) is 6.42 Å². The van der Waals surface area contributed by atoms with Gasteiger partial charge in [-0.05, 0) is 18.2 Å². The van der Waals surface area contributed by atoms with Crippen molar-refractivity contribution in [3.63, 3.8) is 0 Å². The topological polar surface area (TPSA) is 100 Å². The van der Waals surface area contributed by atoms with Crippen molar-refractivity contribution in [2.45, 2.75) is 12.8 Å². The number of H-pyrrole nitrogens is 1. The Labute approximate surface area is 114 Å². The van der Waals surface area contributed by atoms with Crippen molar-refractivity contribution >= 4 is 17.5 Å². The minimum atomic E-state index is -1.60. The van der Waals surface area contributed by atoms with Crippen molar-refractivity contribution in [2.75, 3.05) is 0 Å². The molecule has 2 heterocycles. The number of hydrogen-bond acceptors (Lipinski definition) is 4. The zero-order valence-electron chi connectivity index (χ0n) is 10.5. The molecule has 0 radical (unpaired) electrons. The van der Waals surface area contributed by atoms with E-state index in [9.17, 15) is 14.4 Å². The summed E-state index contributed by atoms with van der Waals surface area (Å²) < 4.78 is 0. The Bertz CT molecular complexity index is 646. The molecule has 0 aliphatic rings. The van der Waals surface area contributed by atoms with Crippen LogP contribution in [0.5, 0.6) is 0 Å². The fraction of sp³-hybridized carbons (Fsp3) is 0.143. The molecule has 2 aromatic rings. The van der Waals surface area contributed by atoms with Crippen LogP contribution in [0, 0.1) is 0 Å².